The van der Waals surface area contributed by atoms with Gasteiger partial charge in [0.1, 0.15) is 0 Å². The summed E-state index contributed by atoms with van der Waals surface area (Å²) < 4.78 is 0. The molecule has 0 spiro atoms. The van der Waals surface area contributed by atoms with Crippen molar-refractivity contribution >= 4 is 41.8 Å². The van der Waals surface area contributed by atoms with Crippen LogP contribution in [0.15, 0.2) is 29.3 Å². The molecular weight excluding hydrogens is 481 g/mol. The van der Waals surface area contributed by atoms with E-state index in [-0.39, 0.29) is 42.3 Å². The van der Waals surface area contributed by atoms with Crippen LogP contribution in [-0.2, 0) is 11.3 Å². The van der Waals surface area contributed by atoms with Crippen LogP contribution >= 0.6 is 24.0 Å². The van der Waals surface area contributed by atoms with E-state index >= 15 is 0 Å². The van der Waals surface area contributed by atoms with Crippen molar-refractivity contribution in [2.45, 2.75) is 40.7 Å². The molecule has 0 unspecified atom stereocenters. The number of halogens is 1. The number of carbonyl (C=O) groups excluding carboxylic acids is 2. The van der Waals surface area contributed by atoms with E-state index in [0.29, 0.717) is 44.2 Å². The number of hydrogen-bond donors (Lipinski definition) is 2. The van der Waals surface area contributed by atoms with Gasteiger partial charge in [-0.3, -0.25) is 9.59 Å². The van der Waals surface area contributed by atoms with Crippen LogP contribution in [0.1, 0.15) is 50.0 Å². The Morgan fingerprint density at radius 2 is 1.76 bits per heavy atom. The van der Waals surface area contributed by atoms with Crippen molar-refractivity contribution < 1.29 is 9.59 Å². The van der Waals surface area contributed by atoms with E-state index < -0.39 is 0 Å². The number of guanidine groups is 1. The minimum Gasteiger partial charge on any atom is -0.357 e. The maximum Gasteiger partial charge on any atom is 0.251 e. The van der Waals surface area contributed by atoms with E-state index in [4.69, 9.17) is 0 Å². The van der Waals surface area contributed by atoms with Gasteiger partial charge in [-0.15, -0.1) is 24.0 Å². The normalized spacial score (nSPS) is 10.7. The van der Waals surface area contributed by atoms with Crippen molar-refractivity contribution in [2.75, 3.05) is 39.8 Å². The third-order valence-corrected chi connectivity index (χ3v) is 4.32. The zero-order chi connectivity index (χ0) is 20.9. The number of nitrogens with one attached hydrogen (secondary N) is 2. The Morgan fingerprint density at radius 1 is 1.07 bits per heavy atom. The molecule has 29 heavy (non-hydrogen) atoms. The molecule has 0 aromatic heterocycles. The van der Waals surface area contributed by atoms with E-state index in [2.05, 4.69) is 15.6 Å². The molecule has 0 aliphatic rings. The highest BCUT2D eigenvalue weighted by Crippen LogP contribution is 2.07. The molecule has 0 saturated heterocycles. The van der Waals surface area contributed by atoms with Crippen molar-refractivity contribution in [2.24, 2.45) is 4.99 Å². The number of hydrogen-bond acceptors (Lipinski definition) is 3. The van der Waals surface area contributed by atoms with Crippen LogP contribution in [0.25, 0.3) is 0 Å². The largest absolute Gasteiger partial charge is 0.357 e. The first-order chi connectivity index (χ1) is 13.5. The summed E-state index contributed by atoms with van der Waals surface area (Å²) in [7, 11) is 1.86. The minimum absolute atomic E-state index is 0. The summed E-state index contributed by atoms with van der Waals surface area (Å²) in [5, 5.41) is 6.11. The first kappa shape index (κ1) is 27.2. The molecule has 0 bridgehead atoms. The predicted octanol–water partition coefficient (Wildman–Crippen LogP) is 2.71. The standard InChI is InChI=1S/C21H35N5O2.HI/c1-6-13-23-20(28)18-12-10-11-17(14-18)15-24-21(22-7-2)25(5)16-19(27)26(8-3)9-4;/h10-12,14H,6-9,13,15-16H2,1-5H3,(H,22,24)(H,23,28);1H. The highest BCUT2D eigenvalue weighted by atomic mass is 127. The lowest BCUT2D eigenvalue weighted by atomic mass is 10.1. The Kier molecular flexibility index (Phi) is 14.1. The topological polar surface area (TPSA) is 77.0 Å². The molecule has 0 radical (unpaired) electrons. The molecule has 0 atom stereocenters. The van der Waals surface area contributed by atoms with Gasteiger partial charge in [-0.05, 0) is 44.9 Å². The Bertz CT molecular complexity index is 662. The van der Waals surface area contributed by atoms with Gasteiger partial charge in [-0.25, -0.2) is 4.99 Å². The minimum atomic E-state index is -0.0680. The number of benzene rings is 1. The number of likely N-dealkylation sites (N-methyl/N-ethyl adjacent to an activating group) is 2. The molecular formula is C21H36IN5O2. The molecule has 0 saturated carbocycles. The fourth-order valence-corrected chi connectivity index (χ4v) is 2.74. The number of aliphatic imine (C=N–C) groups is 1. The molecule has 1 aromatic carbocycles. The lowest BCUT2D eigenvalue weighted by Gasteiger charge is -2.25. The number of rotatable bonds is 10. The zero-order valence-electron chi connectivity index (χ0n) is 18.3. The molecule has 2 amide bonds. The van der Waals surface area contributed by atoms with E-state index in [1.54, 1.807) is 11.0 Å². The summed E-state index contributed by atoms with van der Waals surface area (Å²) in [6, 6.07) is 7.48. The van der Waals surface area contributed by atoms with Crippen molar-refractivity contribution in [1.82, 2.24) is 20.4 Å². The smallest absolute Gasteiger partial charge is 0.251 e. The van der Waals surface area contributed by atoms with Crippen molar-refractivity contribution in [3.8, 4) is 0 Å². The summed E-state index contributed by atoms with van der Waals surface area (Å²) in [4.78, 5) is 32.8. The average Bonchev–Trinajstić information content (AvgIpc) is 2.70. The van der Waals surface area contributed by atoms with Crippen molar-refractivity contribution in [3.63, 3.8) is 0 Å². The van der Waals surface area contributed by atoms with Crippen LogP contribution in [0.3, 0.4) is 0 Å². The average molecular weight is 517 g/mol. The first-order valence-electron chi connectivity index (χ1n) is 10.1. The van der Waals surface area contributed by atoms with Gasteiger partial charge in [0.15, 0.2) is 5.96 Å². The second-order valence-corrected chi connectivity index (χ2v) is 6.55. The van der Waals surface area contributed by atoms with Gasteiger partial charge in [0.25, 0.3) is 5.91 Å². The third-order valence-electron chi connectivity index (χ3n) is 4.32. The molecule has 2 N–H and O–H groups in total. The van der Waals surface area contributed by atoms with Crippen LogP contribution in [0.2, 0.25) is 0 Å². The summed E-state index contributed by atoms with van der Waals surface area (Å²) in [5.74, 6) is 0.679. The van der Waals surface area contributed by atoms with Crippen LogP contribution < -0.4 is 10.6 Å². The first-order valence-corrected chi connectivity index (χ1v) is 10.1. The Hall–Kier alpha value is -1.84. The van der Waals surface area contributed by atoms with Crippen LogP contribution in [0.5, 0.6) is 0 Å². The van der Waals surface area contributed by atoms with Crippen molar-refractivity contribution in [3.05, 3.63) is 35.4 Å². The van der Waals surface area contributed by atoms with E-state index in [0.717, 1.165) is 12.0 Å². The van der Waals surface area contributed by atoms with Gasteiger partial charge in [0, 0.05) is 38.8 Å². The molecule has 8 heteroatoms. The van der Waals surface area contributed by atoms with Crippen LogP contribution in [-0.4, -0.2) is 67.3 Å². The third kappa shape index (κ3) is 9.47. The quantitative estimate of drug-likeness (QED) is 0.284. The second kappa shape index (κ2) is 15.1. The number of nitrogens with zero attached hydrogens (tertiary/aromatic N) is 3. The van der Waals surface area contributed by atoms with E-state index in [9.17, 15) is 9.59 Å². The molecule has 0 heterocycles. The van der Waals surface area contributed by atoms with Gasteiger partial charge in [0.2, 0.25) is 5.91 Å². The predicted molar refractivity (Wildman–Crippen MR) is 130 cm³/mol. The van der Waals surface area contributed by atoms with Gasteiger partial charge in [0.05, 0.1) is 13.1 Å². The maximum atomic E-state index is 12.4. The summed E-state index contributed by atoms with van der Waals surface area (Å²) in [5.41, 5.74) is 1.58. The molecule has 7 nitrogen and oxygen atoms in total. The SMILES string of the molecule is CCCNC(=O)c1cccc(CN=C(NCC)N(C)CC(=O)N(CC)CC)c1.I. The van der Waals surface area contributed by atoms with E-state index in [1.807, 2.05) is 57.8 Å². The van der Waals surface area contributed by atoms with Gasteiger partial charge in [-0.2, -0.15) is 0 Å². The highest BCUT2D eigenvalue weighted by molar-refractivity contribution is 14.0. The number of carbonyl (C=O) groups is 2. The van der Waals surface area contributed by atoms with E-state index in [1.165, 1.54) is 0 Å². The molecule has 1 rings (SSSR count). The monoisotopic (exact) mass is 517 g/mol. The maximum absolute atomic E-state index is 12.4. The molecule has 0 aliphatic heterocycles. The number of amides is 2. The lowest BCUT2D eigenvalue weighted by Crippen LogP contribution is -2.45. The van der Waals surface area contributed by atoms with Crippen LogP contribution in [0.4, 0.5) is 0 Å². The summed E-state index contributed by atoms with van der Waals surface area (Å²) in [6.07, 6.45) is 0.903. The second-order valence-electron chi connectivity index (χ2n) is 6.55. The van der Waals surface area contributed by atoms with Gasteiger partial charge in [-0.1, -0.05) is 19.1 Å². The molecule has 0 fully saturated rings. The summed E-state index contributed by atoms with van der Waals surface area (Å²) >= 11 is 0. The summed E-state index contributed by atoms with van der Waals surface area (Å²) in [6.45, 7) is 11.4. The fraction of sp³-hybridized carbons (Fsp3) is 0.571. The van der Waals surface area contributed by atoms with Crippen molar-refractivity contribution in [1.29, 1.82) is 0 Å². The van der Waals surface area contributed by atoms with Crippen LogP contribution in [0, 0.1) is 0 Å². The Balaban J connectivity index is 0.00000784. The van der Waals surface area contributed by atoms with Gasteiger partial charge >= 0.3 is 0 Å². The highest BCUT2D eigenvalue weighted by Gasteiger charge is 2.15. The Morgan fingerprint density at radius 3 is 2.34 bits per heavy atom. The lowest BCUT2D eigenvalue weighted by molar-refractivity contribution is -0.131. The molecule has 0 aliphatic carbocycles. The van der Waals surface area contributed by atoms with Gasteiger partial charge < -0.3 is 20.4 Å². The Labute approximate surface area is 192 Å². The molecule has 1 aromatic rings. The fourth-order valence-electron chi connectivity index (χ4n) is 2.74. The zero-order valence-corrected chi connectivity index (χ0v) is 20.7. The molecule has 164 valence electrons.